The average Bonchev–Trinajstić information content (AvgIpc) is 2.34. The Bertz CT molecular complexity index is 409. The lowest BCUT2D eigenvalue weighted by Crippen LogP contribution is -2.06. The molecule has 0 atom stereocenters. The number of hydrogen-bond acceptors (Lipinski definition) is 5. The van der Waals surface area contributed by atoms with Crippen molar-refractivity contribution in [2.45, 2.75) is 6.92 Å². The highest BCUT2D eigenvalue weighted by Crippen LogP contribution is 2.15. The highest BCUT2D eigenvalue weighted by molar-refractivity contribution is 8.19. The molecule has 1 rings (SSSR count). The van der Waals surface area contributed by atoms with Gasteiger partial charge in [0.15, 0.2) is 0 Å². The van der Waals surface area contributed by atoms with E-state index in [1.165, 1.54) is 0 Å². The summed E-state index contributed by atoms with van der Waals surface area (Å²) in [5.74, 6) is -0.100. The first-order valence-electron chi connectivity index (χ1n) is 4.82. The molecule has 0 aliphatic rings. The van der Waals surface area contributed by atoms with E-state index in [2.05, 4.69) is 0 Å². The first-order chi connectivity index (χ1) is 8.15. The molecule has 0 spiro atoms. The zero-order chi connectivity index (χ0) is 12.7. The van der Waals surface area contributed by atoms with Crippen molar-refractivity contribution in [1.82, 2.24) is 0 Å². The van der Waals surface area contributed by atoms with Crippen LogP contribution in [0.25, 0.3) is 0 Å². The fraction of sp³-hybridized carbons (Fsp3) is 0.273. The molecule has 0 unspecified atom stereocenters. The predicted octanol–water partition coefficient (Wildman–Crippen LogP) is 3.34. The zero-order valence-corrected chi connectivity index (χ0v) is 11.5. The molecule has 0 fully saturated rings. The van der Waals surface area contributed by atoms with Crippen LogP contribution in [-0.4, -0.2) is 22.8 Å². The highest BCUT2D eigenvalue weighted by atomic mass is 35.5. The van der Waals surface area contributed by atoms with Crippen LogP contribution in [0, 0.1) is 6.92 Å². The van der Waals surface area contributed by atoms with E-state index < -0.39 is 5.97 Å². The lowest BCUT2D eigenvalue weighted by Gasteiger charge is -2.06. The molecule has 3 nitrogen and oxygen atoms in total. The van der Waals surface area contributed by atoms with Crippen molar-refractivity contribution >= 4 is 46.2 Å². The van der Waals surface area contributed by atoms with Crippen molar-refractivity contribution in [3.8, 4) is 0 Å². The Hall–Kier alpha value is -0.780. The summed E-state index contributed by atoms with van der Waals surface area (Å²) in [5.41, 5.74) is 1.37. The topological polar surface area (TPSA) is 35.5 Å². The van der Waals surface area contributed by atoms with Crippen LogP contribution in [0.1, 0.15) is 15.9 Å². The smallest absolute Gasteiger partial charge is 0.350 e. The van der Waals surface area contributed by atoms with E-state index in [0.29, 0.717) is 18.1 Å². The summed E-state index contributed by atoms with van der Waals surface area (Å²) < 4.78 is 10.1. The van der Waals surface area contributed by atoms with Gasteiger partial charge in [-0.25, -0.2) is 4.79 Å². The monoisotopic (exact) mass is 290 g/mol. The molecule has 1 aromatic carbocycles. The second-order valence-corrected chi connectivity index (χ2v) is 4.77. The Labute approximate surface area is 115 Å². The fourth-order valence-corrected chi connectivity index (χ4v) is 1.69. The van der Waals surface area contributed by atoms with E-state index in [0.717, 1.165) is 17.6 Å². The second-order valence-electron chi connectivity index (χ2n) is 3.06. The van der Waals surface area contributed by atoms with Crippen molar-refractivity contribution in [3.63, 3.8) is 0 Å². The molecule has 0 amide bonds. The van der Waals surface area contributed by atoms with Gasteiger partial charge in [0.2, 0.25) is 0 Å². The third-order valence-corrected chi connectivity index (χ3v) is 2.81. The second kappa shape index (κ2) is 7.53. The van der Waals surface area contributed by atoms with E-state index in [9.17, 15) is 4.79 Å². The lowest BCUT2D eigenvalue weighted by molar-refractivity contribution is 0.0768. The number of aryl methyl sites for hydroxylation is 1. The van der Waals surface area contributed by atoms with E-state index in [1.807, 2.05) is 19.1 Å². The van der Waals surface area contributed by atoms with Crippen molar-refractivity contribution < 1.29 is 13.7 Å². The molecule has 0 N–H and O–H groups in total. The summed E-state index contributed by atoms with van der Waals surface area (Å²) in [7, 11) is 0. The summed E-state index contributed by atoms with van der Waals surface area (Å²) in [5, 5.41) is 0. The van der Waals surface area contributed by atoms with E-state index in [4.69, 9.17) is 32.7 Å². The molecular weight excluding hydrogens is 280 g/mol. The first-order valence-corrected chi connectivity index (χ1v) is 6.50. The largest absolute Gasteiger partial charge is 0.475 e. The standard InChI is InChI=1S/C11H11ClO3S2/c1-8-4-2-3-5-9(8)10(13)15-17-11(16)14-7-6-12/h2-5H,6-7H2,1H3. The van der Waals surface area contributed by atoms with Crippen LogP contribution in [0.5, 0.6) is 0 Å². The van der Waals surface area contributed by atoms with Crippen LogP contribution < -0.4 is 0 Å². The van der Waals surface area contributed by atoms with E-state index in [1.54, 1.807) is 12.1 Å². The van der Waals surface area contributed by atoms with Crippen LogP contribution in [0.3, 0.4) is 0 Å². The predicted molar refractivity (Wildman–Crippen MR) is 73.5 cm³/mol. The van der Waals surface area contributed by atoms with Gasteiger partial charge in [0.05, 0.1) is 11.4 Å². The minimum absolute atomic E-state index is 0.146. The maximum atomic E-state index is 11.7. The Morgan fingerprint density at radius 2 is 2.18 bits per heavy atom. The summed E-state index contributed by atoms with van der Waals surface area (Å²) >= 11 is 11.0. The highest BCUT2D eigenvalue weighted by Gasteiger charge is 2.12. The van der Waals surface area contributed by atoms with Gasteiger partial charge in [-0.1, -0.05) is 18.2 Å². The first kappa shape index (κ1) is 14.3. The summed E-state index contributed by atoms with van der Waals surface area (Å²) in [6.45, 7) is 2.14. The van der Waals surface area contributed by atoms with Gasteiger partial charge >= 0.3 is 5.97 Å². The fourth-order valence-electron chi connectivity index (χ4n) is 1.06. The molecule has 92 valence electrons. The SMILES string of the molecule is Cc1ccccc1C(=O)OSC(=S)OCCCl. The van der Waals surface area contributed by atoms with Gasteiger partial charge in [-0.05, 0) is 30.8 Å². The summed E-state index contributed by atoms with van der Waals surface area (Å²) in [4.78, 5) is 11.7. The molecule has 0 aliphatic heterocycles. The van der Waals surface area contributed by atoms with Gasteiger partial charge in [0, 0.05) is 0 Å². The maximum Gasteiger partial charge on any atom is 0.350 e. The molecule has 0 aromatic heterocycles. The molecule has 6 heteroatoms. The van der Waals surface area contributed by atoms with Crippen molar-refractivity contribution in [2.75, 3.05) is 12.5 Å². The molecule has 0 radical (unpaired) electrons. The molecule has 0 heterocycles. The Balaban J connectivity index is 2.45. The Morgan fingerprint density at radius 1 is 1.47 bits per heavy atom. The average molecular weight is 291 g/mol. The summed E-state index contributed by atoms with van der Waals surface area (Å²) in [6, 6.07) is 7.16. The number of alkyl halides is 1. The van der Waals surface area contributed by atoms with Crippen LogP contribution in [0.2, 0.25) is 0 Å². The van der Waals surface area contributed by atoms with Crippen LogP contribution in [0.15, 0.2) is 24.3 Å². The van der Waals surface area contributed by atoms with Gasteiger partial charge in [0.25, 0.3) is 4.38 Å². The van der Waals surface area contributed by atoms with Gasteiger partial charge in [-0.3, -0.25) is 0 Å². The molecular formula is C11H11ClO3S2. The number of carbonyl (C=O) groups excluding carboxylic acids is 1. The minimum Gasteiger partial charge on any atom is -0.475 e. The van der Waals surface area contributed by atoms with Crippen molar-refractivity contribution in [2.24, 2.45) is 0 Å². The van der Waals surface area contributed by atoms with E-state index >= 15 is 0 Å². The van der Waals surface area contributed by atoms with Crippen LogP contribution in [0.4, 0.5) is 0 Å². The van der Waals surface area contributed by atoms with E-state index in [-0.39, 0.29) is 4.38 Å². The quantitative estimate of drug-likeness (QED) is 0.485. The van der Waals surface area contributed by atoms with Gasteiger partial charge in [-0.2, -0.15) is 0 Å². The Morgan fingerprint density at radius 3 is 2.82 bits per heavy atom. The van der Waals surface area contributed by atoms with Gasteiger partial charge < -0.3 is 8.92 Å². The molecule has 1 aromatic rings. The van der Waals surface area contributed by atoms with Gasteiger partial charge in [0.1, 0.15) is 18.6 Å². The van der Waals surface area contributed by atoms with Crippen LogP contribution in [-0.2, 0) is 8.92 Å². The number of carbonyl (C=O) groups is 1. The molecule has 0 saturated heterocycles. The third kappa shape index (κ3) is 4.93. The Kier molecular flexibility index (Phi) is 6.32. The molecule has 17 heavy (non-hydrogen) atoms. The normalized spacial score (nSPS) is 9.76. The number of ether oxygens (including phenoxy) is 1. The maximum absolute atomic E-state index is 11.7. The lowest BCUT2D eigenvalue weighted by atomic mass is 10.1. The number of halogens is 1. The molecule has 0 bridgehead atoms. The van der Waals surface area contributed by atoms with Crippen molar-refractivity contribution in [1.29, 1.82) is 0 Å². The van der Waals surface area contributed by atoms with Crippen molar-refractivity contribution in [3.05, 3.63) is 35.4 Å². The van der Waals surface area contributed by atoms with Crippen LogP contribution >= 0.6 is 35.9 Å². The summed E-state index contributed by atoms with van der Waals surface area (Å²) in [6.07, 6.45) is 0. The number of thiocarbonyl (C=S) groups is 1. The molecule has 0 saturated carbocycles. The molecule has 0 aliphatic carbocycles. The minimum atomic E-state index is -0.440. The zero-order valence-electron chi connectivity index (χ0n) is 9.14. The third-order valence-electron chi connectivity index (χ3n) is 1.85. The number of rotatable bonds is 3. The number of benzene rings is 1. The number of hydrogen-bond donors (Lipinski definition) is 0. The van der Waals surface area contributed by atoms with Gasteiger partial charge in [-0.15, -0.1) is 11.6 Å².